The maximum Gasteiger partial charge on any atom is 0.223 e. The Balaban J connectivity index is 2.46. The SMILES string of the molecule is CN(C)CC1CCCN1C(=O)CCS. The minimum atomic E-state index is 0.268. The largest absolute Gasteiger partial charge is 0.338 e. The third-order valence-electron chi connectivity index (χ3n) is 2.60. The number of rotatable bonds is 4. The summed E-state index contributed by atoms with van der Waals surface area (Å²) >= 11 is 4.09. The molecule has 1 fully saturated rings. The molecule has 1 unspecified atom stereocenters. The fraction of sp³-hybridized carbons (Fsp3) is 0.900. The highest BCUT2D eigenvalue weighted by atomic mass is 32.1. The summed E-state index contributed by atoms with van der Waals surface area (Å²) in [6.45, 7) is 1.92. The van der Waals surface area contributed by atoms with Crippen LogP contribution < -0.4 is 0 Å². The Morgan fingerprint density at radius 2 is 2.29 bits per heavy atom. The summed E-state index contributed by atoms with van der Waals surface area (Å²) in [6, 6.07) is 0.428. The van der Waals surface area contributed by atoms with Gasteiger partial charge in [0.05, 0.1) is 0 Å². The van der Waals surface area contributed by atoms with E-state index in [4.69, 9.17) is 0 Å². The van der Waals surface area contributed by atoms with Crippen molar-refractivity contribution in [1.29, 1.82) is 0 Å². The van der Waals surface area contributed by atoms with Gasteiger partial charge in [0.15, 0.2) is 0 Å². The highest BCUT2D eigenvalue weighted by Crippen LogP contribution is 2.18. The number of hydrogen-bond donors (Lipinski definition) is 1. The Morgan fingerprint density at radius 1 is 1.57 bits per heavy atom. The van der Waals surface area contributed by atoms with Crippen molar-refractivity contribution < 1.29 is 4.79 Å². The number of carbonyl (C=O) groups is 1. The zero-order valence-corrected chi connectivity index (χ0v) is 9.96. The monoisotopic (exact) mass is 216 g/mol. The van der Waals surface area contributed by atoms with Gasteiger partial charge >= 0.3 is 0 Å². The minimum absolute atomic E-state index is 0.268. The number of thiol groups is 1. The van der Waals surface area contributed by atoms with E-state index in [1.54, 1.807) is 0 Å². The molecule has 4 heteroatoms. The third-order valence-corrected chi connectivity index (χ3v) is 2.82. The van der Waals surface area contributed by atoms with E-state index in [2.05, 4.69) is 31.6 Å². The molecule has 1 rings (SSSR count). The highest BCUT2D eigenvalue weighted by Gasteiger charge is 2.27. The first kappa shape index (κ1) is 11.9. The molecule has 0 N–H and O–H groups in total. The van der Waals surface area contributed by atoms with Gasteiger partial charge < -0.3 is 9.80 Å². The third kappa shape index (κ3) is 3.17. The summed E-state index contributed by atoms with van der Waals surface area (Å²) in [7, 11) is 4.11. The number of carbonyl (C=O) groups excluding carboxylic acids is 1. The van der Waals surface area contributed by atoms with Crippen molar-refractivity contribution in [3.8, 4) is 0 Å². The van der Waals surface area contributed by atoms with Crippen LogP contribution in [0.5, 0.6) is 0 Å². The van der Waals surface area contributed by atoms with Gasteiger partial charge in [-0.15, -0.1) is 0 Å². The smallest absolute Gasteiger partial charge is 0.223 e. The lowest BCUT2D eigenvalue weighted by molar-refractivity contribution is -0.131. The first-order valence-electron chi connectivity index (χ1n) is 5.20. The van der Waals surface area contributed by atoms with Crippen LogP contribution in [0.4, 0.5) is 0 Å². The average molecular weight is 216 g/mol. The molecule has 1 aliphatic rings. The second kappa shape index (κ2) is 5.61. The Bertz CT molecular complexity index is 197. The second-order valence-corrected chi connectivity index (χ2v) is 4.57. The van der Waals surface area contributed by atoms with Gasteiger partial charge in [-0.2, -0.15) is 12.6 Å². The summed E-state index contributed by atoms with van der Waals surface area (Å²) < 4.78 is 0. The maximum absolute atomic E-state index is 11.7. The van der Waals surface area contributed by atoms with Gasteiger partial charge in [-0.1, -0.05) is 0 Å². The number of amides is 1. The molecule has 1 aliphatic heterocycles. The Labute approximate surface area is 91.9 Å². The molecule has 0 spiro atoms. The summed E-state index contributed by atoms with van der Waals surface area (Å²) in [5.41, 5.74) is 0. The van der Waals surface area contributed by atoms with Gasteiger partial charge in [0, 0.05) is 25.6 Å². The molecule has 3 nitrogen and oxygen atoms in total. The molecule has 1 amide bonds. The predicted octanol–water partition coefficient (Wildman–Crippen LogP) is 0.859. The van der Waals surface area contributed by atoms with Crippen LogP contribution in [-0.2, 0) is 4.79 Å². The predicted molar refractivity (Wildman–Crippen MR) is 61.8 cm³/mol. The molecular weight excluding hydrogens is 196 g/mol. The van der Waals surface area contributed by atoms with Gasteiger partial charge in [-0.05, 0) is 32.7 Å². The number of likely N-dealkylation sites (N-methyl/N-ethyl adjacent to an activating group) is 1. The van der Waals surface area contributed by atoms with Crippen molar-refractivity contribution in [2.45, 2.75) is 25.3 Å². The Hall–Kier alpha value is -0.220. The van der Waals surface area contributed by atoms with Gasteiger partial charge in [-0.3, -0.25) is 4.79 Å². The molecule has 1 atom stereocenters. The summed E-state index contributed by atoms with van der Waals surface area (Å²) in [6.07, 6.45) is 2.88. The van der Waals surface area contributed by atoms with Crippen LogP contribution in [0.2, 0.25) is 0 Å². The number of likely N-dealkylation sites (tertiary alicyclic amines) is 1. The lowest BCUT2D eigenvalue weighted by Gasteiger charge is -2.27. The Kier molecular flexibility index (Phi) is 4.75. The second-order valence-electron chi connectivity index (χ2n) is 4.12. The normalized spacial score (nSPS) is 22.0. The Morgan fingerprint density at radius 3 is 2.86 bits per heavy atom. The standard InChI is InChI=1S/C10H20N2OS/c1-11(2)8-9-4-3-6-12(9)10(13)5-7-14/h9,14H,3-8H2,1-2H3. The fourth-order valence-electron chi connectivity index (χ4n) is 2.01. The number of nitrogens with zero attached hydrogens (tertiary/aromatic N) is 2. The molecule has 1 heterocycles. The van der Waals surface area contributed by atoms with E-state index in [1.807, 2.05) is 4.90 Å². The maximum atomic E-state index is 11.7. The molecular formula is C10H20N2OS. The average Bonchev–Trinajstić information content (AvgIpc) is 2.51. The van der Waals surface area contributed by atoms with Crippen LogP contribution in [-0.4, -0.2) is 54.7 Å². The topological polar surface area (TPSA) is 23.6 Å². The van der Waals surface area contributed by atoms with Crippen molar-refractivity contribution in [3.05, 3.63) is 0 Å². The molecule has 0 aliphatic carbocycles. The quantitative estimate of drug-likeness (QED) is 0.705. The lowest BCUT2D eigenvalue weighted by Crippen LogP contribution is -2.41. The van der Waals surface area contributed by atoms with Crippen LogP contribution >= 0.6 is 12.6 Å². The molecule has 0 radical (unpaired) electrons. The van der Waals surface area contributed by atoms with Crippen molar-refractivity contribution in [2.75, 3.05) is 32.9 Å². The fourth-order valence-corrected chi connectivity index (χ4v) is 2.21. The molecule has 0 aromatic rings. The van der Waals surface area contributed by atoms with E-state index in [-0.39, 0.29) is 5.91 Å². The van der Waals surface area contributed by atoms with Crippen molar-refractivity contribution in [1.82, 2.24) is 9.80 Å². The summed E-state index contributed by atoms with van der Waals surface area (Å²) in [5.74, 6) is 0.925. The van der Waals surface area contributed by atoms with E-state index in [0.717, 1.165) is 25.9 Å². The molecule has 0 saturated carbocycles. The van der Waals surface area contributed by atoms with Crippen molar-refractivity contribution >= 4 is 18.5 Å². The van der Waals surface area contributed by atoms with Crippen LogP contribution in [0.3, 0.4) is 0 Å². The van der Waals surface area contributed by atoms with Crippen LogP contribution in [0, 0.1) is 0 Å². The van der Waals surface area contributed by atoms with Gasteiger partial charge in [0.2, 0.25) is 5.91 Å². The molecule has 0 bridgehead atoms. The van der Waals surface area contributed by atoms with Crippen LogP contribution in [0.15, 0.2) is 0 Å². The van der Waals surface area contributed by atoms with Gasteiger partial charge in [0.25, 0.3) is 0 Å². The van der Waals surface area contributed by atoms with E-state index in [9.17, 15) is 4.79 Å². The van der Waals surface area contributed by atoms with Crippen LogP contribution in [0.25, 0.3) is 0 Å². The summed E-state index contributed by atoms with van der Waals surface area (Å²) in [5, 5.41) is 0. The molecule has 0 aromatic heterocycles. The number of hydrogen-bond acceptors (Lipinski definition) is 3. The molecule has 82 valence electrons. The zero-order valence-electron chi connectivity index (χ0n) is 9.07. The van der Waals surface area contributed by atoms with E-state index < -0.39 is 0 Å². The zero-order chi connectivity index (χ0) is 10.6. The van der Waals surface area contributed by atoms with Crippen molar-refractivity contribution in [2.24, 2.45) is 0 Å². The van der Waals surface area contributed by atoms with Gasteiger partial charge in [-0.25, -0.2) is 0 Å². The lowest BCUT2D eigenvalue weighted by atomic mass is 10.2. The molecule has 14 heavy (non-hydrogen) atoms. The first-order valence-corrected chi connectivity index (χ1v) is 5.83. The first-order chi connectivity index (χ1) is 6.65. The van der Waals surface area contributed by atoms with E-state index >= 15 is 0 Å². The highest BCUT2D eigenvalue weighted by molar-refractivity contribution is 7.80. The minimum Gasteiger partial charge on any atom is -0.338 e. The van der Waals surface area contributed by atoms with Crippen LogP contribution in [0.1, 0.15) is 19.3 Å². The molecule has 0 aromatic carbocycles. The molecule has 1 saturated heterocycles. The van der Waals surface area contributed by atoms with E-state index in [0.29, 0.717) is 18.2 Å². The van der Waals surface area contributed by atoms with Gasteiger partial charge in [0.1, 0.15) is 0 Å². The summed E-state index contributed by atoms with van der Waals surface area (Å²) in [4.78, 5) is 15.9. The van der Waals surface area contributed by atoms with E-state index in [1.165, 1.54) is 0 Å². The van der Waals surface area contributed by atoms with Crippen molar-refractivity contribution in [3.63, 3.8) is 0 Å².